The minimum absolute atomic E-state index is 0.529. The summed E-state index contributed by atoms with van der Waals surface area (Å²) < 4.78 is 0.843. The molecule has 0 heterocycles. The quantitative estimate of drug-likeness (QED) is 0.868. The Morgan fingerprint density at radius 3 is 2.44 bits per heavy atom. The SMILES string of the molecule is Cc1ccc(CC(O)c2ccc(Br)c(Cl)c2)cc1. The molecule has 0 spiro atoms. The molecule has 2 aromatic carbocycles. The van der Waals surface area contributed by atoms with Crippen molar-refractivity contribution in [3.05, 3.63) is 68.7 Å². The van der Waals surface area contributed by atoms with E-state index in [0.29, 0.717) is 11.4 Å². The highest BCUT2D eigenvalue weighted by molar-refractivity contribution is 9.10. The molecule has 0 bridgehead atoms. The van der Waals surface area contributed by atoms with Crippen LogP contribution in [-0.4, -0.2) is 5.11 Å². The minimum Gasteiger partial charge on any atom is -0.388 e. The highest BCUT2D eigenvalue weighted by atomic mass is 79.9. The fraction of sp³-hybridized carbons (Fsp3) is 0.200. The predicted octanol–water partition coefficient (Wildman–Crippen LogP) is 4.69. The first-order valence-electron chi connectivity index (χ1n) is 5.75. The molecule has 0 fully saturated rings. The first-order chi connectivity index (χ1) is 8.56. The van der Waals surface area contributed by atoms with E-state index >= 15 is 0 Å². The molecule has 0 aliphatic carbocycles. The van der Waals surface area contributed by atoms with Crippen molar-refractivity contribution in [2.24, 2.45) is 0 Å². The molecule has 3 heteroatoms. The first-order valence-corrected chi connectivity index (χ1v) is 6.92. The van der Waals surface area contributed by atoms with Crippen LogP contribution in [0.2, 0.25) is 5.02 Å². The zero-order valence-electron chi connectivity index (χ0n) is 10.0. The number of aliphatic hydroxyl groups excluding tert-OH is 1. The molecule has 1 N–H and O–H groups in total. The lowest BCUT2D eigenvalue weighted by Crippen LogP contribution is -2.01. The van der Waals surface area contributed by atoms with Gasteiger partial charge in [0, 0.05) is 10.9 Å². The zero-order chi connectivity index (χ0) is 13.1. The molecule has 2 rings (SSSR count). The van der Waals surface area contributed by atoms with Gasteiger partial charge in [-0.1, -0.05) is 47.5 Å². The monoisotopic (exact) mass is 324 g/mol. The summed E-state index contributed by atoms with van der Waals surface area (Å²) in [5.41, 5.74) is 3.18. The Labute approximate surface area is 121 Å². The van der Waals surface area contributed by atoms with Gasteiger partial charge in [0.1, 0.15) is 0 Å². The molecule has 2 aromatic rings. The number of rotatable bonds is 3. The molecule has 0 saturated heterocycles. The molecule has 1 atom stereocenters. The van der Waals surface area contributed by atoms with Gasteiger partial charge in [-0.15, -0.1) is 0 Å². The summed E-state index contributed by atoms with van der Waals surface area (Å²) in [6.07, 6.45) is 0.0661. The van der Waals surface area contributed by atoms with Crippen LogP contribution >= 0.6 is 27.5 Å². The number of halogens is 2. The van der Waals surface area contributed by atoms with E-state index in [0.717, 1.165) is 15.6 Å². The largest absolute Gasteiger partial charge is 0.388 e. The van der Waals surface area contributed by atoms with Crippen molar-refractivity contribution in [1.29, 1.82) is 0 Å². The van der Waals surface area contributed by atoms with E-state index in [9.17, 15) is 5.11 Å². The second-order valence-electron chi connectivity index (χ2n) is 4.38. The standard InChI is InChI=1S/C15H14BrClO/c1-10-2-4-11(5-3-10)8-15(18)12-6-7-13(16)14(17)9-12/h2-7,9,15,18H,8H2,1H3. The van der Waals surface area contributed by atoms with Gasteiger partial charge in [-0.25, -0.2) is 0 Å². The van der Waals surface area contributed by atoms with E-state index in [4.69, 9.17) is 11.6 Å². The van der Waals surface area contributed by atoms with E-state index in [2.05, 4.69) is 35.0 Å². The van der Waals surface area contributed by atoms with Gasteiger partial charge in [0.2, 0.25) is 0 Å². The number of benzene rings is 2. The number of hydrogen-bond donors (Lipinski definition) is 1. The predicted molar refractivity (Wildman–Crippen MR) is 79.0 cm³/mol. The van der Waals surface area contributed by atoms with E-state index in [1.54, 1.807) is 6.07 Å². The van der Waals surface area contributed by atoms with Crippen LogP contribution in [-0.2, 0) is 6.42 Å². The fourth-order valence-electron chi connectivity index (χ4n) is 1.78. The third-order valence-corrected chi connectivity index (χ3v) is 4.11. The smallest absolute Gasteiger partial charge is 0.0830 e. The topological polar surface area (TPSA) is 20.2 Å². The maximum absolute atomic E-state index is 10.2. The van der Waals surface area contributed by atoms with Crippen LogP contribution < -0.4 is 0 Å². The van der Waals surface area contributed by atoms with E-state index in [-0.39, 0.29) is 0 Å². The third kappa shape index (κ3) is 3.35. The highest BCUT2D eigenvalue weighted by Gasteiger charge is 2.10. The summed E-state index contributed by atoms with van der Waals surface area (Å²) in [4.78, 5) is 0. The van der Waals surface area contributed by atoms with Crippen LogP contribution in [0.1, 0.15) is 22.8 Å². The molecule has 0 radical (unpaired) electrons. The summed E-state index contributed by atoms with van der Waals surface area (Å²) in [7, 11) is 0. The summed E-state index contributed by atoms with van der Waals surface area (Å²) in [5, 5.41) is 10.8. The summed E-state index contributed by atoms with van der Waals surface area (Å²) >= 11 is 9.36. The van der Waals surface area contributed by atoms with Crippen LogP contribution in [0.15, 0.2) is 46.9 Å². The van der Waals surface area contributed by atoms with Crippen LogP contribution in [0.3, 0.4) is 0 Å². The molecule has 18 heavy (non-hydrogen) atoms. The molecule has 0 aliphatic rings. The number of hydrogen-bond acceptors (Lipinski definition) is 1. The molecular formula is C15H14BrClO. The van der Waals surface area contributed by atoms with Gasteiger partial charge in [-0.2, -0.15) is 0 Å². The van der Waals surface area contributed by atoms with Gasteiger partial charge in [-0.3, -0.25) is 0 Å². The van der Waals surface area contributed by atoms with Gasteiger partial charge >= 0.3 is 0 Å². The van der Waals surface area contributed by atoms with E-state index < -0.39 is 6.10 Å². The van der Waals surface area contributed by atoms with Crippen molar-refractivity contribution in [2.75, 3.05) is 0 Å². The molecule has 0 saturated carbocycles. The van der Waals surface area contributed by atoms with Crippen LogP contribution in [0.5, 0.6) is 0 Å². The molecule has 0 amide bonds. The van der Waals surface area contributed by atoms with E-state index in [1.165, 1.54) is 5.56 Å². The fourth-order valence-corrected chi connectivity index (χ4v) is 2.22. The first kappa shape index (κ1) is 13.6. The van der Waals surface area contributed by atoms with Gasteiger partial charge in [-0.05, 0) is 46.1 Å². The lowest BCUT2D eigenvalue weighted by Gasteiger charge is -2.12. The van der Waals surface area contributed by atoms with Crippen molar-refractivity contribution in [3.63, 3.8) is 0 Å². The average Bonchev–Trinajstić information content (AvgIpc) is 2.35. The molecule has 0 aliphatic heterocycles. The number of aryl methyl sites for hydroxylation is 1. The lowest BCUT2D eigenvalue weighted by atomic mass is 10.0. The van der Waals surface area contributed by atoms with Crippen molar-refractivity contribution in [2.45, 2.75) is 19.4 Å². The summed E-state index contributed by atoms with van der Waals surface area (Å²) in [6.45, 7) is 2.05. The van der Waals surface area contributed by atoms with Crippen molar-refractivity contribution in [1.82, 2.24) is 0 Å². The Balaban J connectivity index is 2.13. The van der Waals surface area contributed by atoms with Gasteiger partial charge in [0.05, 0.1) is 11.1 Å². The summed E-state index contributed by atoms with van der Waals surface area (Å²) in [5.74, 6) is 0. The Hall–Kier alpha value is -0.830. The third-order valence-electron chi connectivity index (χ3n) is 2.88. The Bertz CT molecular complexity index is 537. The Kier molecular flexibility index (Phi) is 4.44. The van der Waals surface area contributed by atoms with Crippen LogP contribution in [0.25, 0.3) is 0 Å². The van der Waals surface area contributed by atoms with Crippen LogP contribution in [0, 0.1) is 6.92 Å². The van der Waals surface area contributed by atoms with Crippen molar-refractivity contribution >= 4 is 27.5 Å². The second kappa shape index (κ2) is 5.87. The van der Waals surface area contributed by atoms with Gasteiger partial charge < -0.3 is 5.11 Å². The molecular weight excluding hydrogens is 312 g/mol. The Morgan fingerprint density at radius 1 is 1.17 bits per heavy atom. The Morgan fingerprint density at radius 2 is 1.83 bits per heavy atom. The molecule has 94 valence electrons. The normalized spacial score (nSPS) is 12.4. The number of aliphatic hydroxyl groups is 1. The minimum atomic E-state index is -0.529. The van der Waals surface area contributed by atoms with Gasteiger partial charge in [0.15, 0.2) is 0 Å². The molecule has 1 unspecified atom stereocenters. The van der Waals surface area contributed by atoms with Crippen molar-refractivity contribution in [3.8, 4) is 0 Å². The summed E-state index contributed by atoms with van der Waals surface area (Å²) in [6, 6.07) is 13.7. The van der Waals surface area contributed by atoms with Gasteiger partial charge in [0.25, 0.3) is 0 Å². The van der Waals surface area contributed by atoms with Crippen LogP contribution in [0.4, 0.5) is 0 Å². The second-order valence-corrected chi connectivity index (χ2v) is 5.64. The average molecular weight is 326 g/mol. The van der Waals surface area contributed by atoms with E-state index in [1.807, 2.05) is 24.3 Å². The maximum Gasteiger partial charge on any atom is 0.0830 e. The molecule has 1 nitrogen and oxygen atoms in total. The maximum atomic E-state index is 10.2. The zero-order valence-corrected chi connectivity index (χ0v) is 12.4. The molecule has 0 aromatic heterocycles. The highest BCUT2D eigenvalue weighted by Crippen LogP contribution is 2.27. The van der Waals surface area contributed by atoms with Crippen molar-refractivity contribution < 1.29 is 5.11 Å². The lowest BCUT2D eigenvalue weighted by molar-refractivity contribution is 0.178.